The van der Waals surface area contributed by atoms with Gasteiger partial charge in [-0.05, 0) is 18.6 Å². The summed E-state index contributed by atoms with van der Waals surface area (Å²) in [5, 5.41) is 5.15. The van der Waals surface area contributed by atoms with Crippen LogP contribution in [0.3, 0.4) is 0 Å². The number of sulfonamides is 2. The van der Waals surface area contributed by atoms with Gasteiger partial charge in [0, 0.05) is 58.8 Å². The van der Waals surface area contributed by atoms with Gasteiger partial charge in [-0.15, -0.1) is 11.3 Å². The maximum atomic E-state index is 12.8. The van der Waals surface area contributed by atoms with E-state index in [0.29, 0.717) is 55.4 Å². The lowest BCUT2D eigenvalue weighted by atomic mass is 10.2. The average molecular weight is 440 g/mol. The van der Waals surface area contributed by atoms with E-state index in [0.717, 1.165) is 6.42 Å². The summed E-state index contributed by atoms with van der Waals surface area (Å²) < 4.78 is 60.0. The minimum atomic E-state index is -3.97. The topological polar surface area (TPSA) is 119 Å². The van der Waals surface area contributed by atoms with Gasteiger partial charge in [-0.2, -0.15) is 0 Å². The van der Waals surface area contributed by atoms with E-state index in [-0.39, 0.29) is 8.42 Å². The second-order valence-electron chi connectivity index (χ2n) is 6.08. The summed E-state index contributed by atoms with van der Waals surface area (Å²) >= 11 is 0.667. The summed E-state index contributed by atoms with van der Waals surface area (Å²) in [6.45, 7) is 2.83. The monoisotopic (exact) mass is 439 g/mol. The summed E-state index contributed by atoms with van der Waals surface area (Å²) in [6.07, 6.45) is 2.49. The van der Waals surface area contributed by atoms with Crippen LogP contribution in [0.4, 0.5) is 0 Å². The molecule has 2 heterocycles. The molecule has 0 unspecified atom stereocenters. The first kappa shape index (κ1) is 22.3. The van der Waals surface area contributed by atoms with Gasteiger partial charge in [0.15, 0.2) is 0 Å². The Morgan fingerprint density at radius 3 is 2.48 bits per heavy atom. The molecule has 2 rings (SSSR count). The van der Waals surface area contributed by atoms with E-state index >= 15 is 0 Å². The van der Waals surface area contributed by atoms with E-state index in [2.05, 4.69) is 4.90 Å². The molecule has 154 valence electrons. The molecule has 27 heavy (non-hydrogen) atoms. The molecule has 9 nitrogen and oxygen atoms in total. The predicted molar refractivity (Wildman–Crippen MR) is 103 cm³/mol. The highest BCUT2D eigenvalue weighted by atomic mass is 32.3. The first-order valence-corrected chi connectivity index (χ1v) is 12.0. The summed E-state index contributed by atoms with van der Waals surface area (Å²) in [5.74, 6) is 0. The lowest BCUT2D eigenvalue weighted by molar-refractivity contribution is 0.136. The van der Waals surface area contributed by atoms with Gasteiger partial charge in [-0.25, -0.2) is 22.0 Å². The van der Waals surface area contributed by atoms with Crippen LogP contribution in [0.5, 0.6) is 0 Å². The molecule has 1 aliphatic heterocycles. The van der Waals surface area contributed by atoms with Gasteiger partial charge in [0.1, 0.15) is 8.42 Å². The minimum Gasteiger partial charge on any atom is -0.385 e. The number of rotatable bonds is 10. The van der Waals surface area contributed by atoms with E-state index in [4.69, 9.17) is 14.6 Å². The van der Waals surface area contributed by atoms with Crippen molar-refractivity contribution in [1.29, 1.82) is 0 Å². The molecule has 0 saturated heterocycles. The van der Waals surface area contributed by atoms with Gasteiger partial charge in [-0.3, -0.25) is 9.21 Å². The van der Waals surface area contributed by atoms with E-state index in [9.17, 15) is 16.8 Å². The lowest BCUT2D eigenvalue weighted by Crippen LogP contribution is -2.38. The van der Waals surface area contributed by atoms with Crippen LogP contribution in [0.25, 0.3) is 6.08 Å². The van der Waals surface area contributed by atoms with Gasteiger partial charge >= 0.3 is 0 Å². The standard InChI is InChI=1S/C15H25N3O6S3/c1-17-13(11-18(6-8-24-3)5-4-7-23-2)9-12-10-14(26(16,19)20)25-15(12)27(17,21)22/h9-10H,4-8,11H2,1-3H3,(H2,16,19,20). The quantitative estimate of drug-likeness (QED) is 0.523. The van der Waals surface area contributed by atoms with Crippen LogP contribution < -0.4 is 5.14 Å². The smallest absolute Gasteiger partial charge is 0.274 e. The Kier molecular flexibility index (Phi) is 7.41. The molecule has 0 aromatic carbocycles. The van der Waals surface area contributed by atoms with Crippen molar-refractivity contribution in [3.63, 3.8) is 0 Å². The fraction of sp³-hybridized carbons (Fsp3) is 0.600. The van der Waals surface area contributed by atoms with E-state index in [1.807, 2.05) is 0 Å². The number of thiophene rings is 1. The van der Waals surface area contributed by atoms with Crippen molar-refractivity contribution in [3.05, 3.63) is 17.3 Å². The zero-order chi connectivity index (χ0) is 20.2. The van der Waals surface area contributed by atoms with Crippen molar-refractivity contribution in [2.45, 2.75) is 14.8 Å². The summed E-state index contributed by atoms with van der Waals surface area (Å²) in [6, 6.07) is 1.31. The van der Waals surface area contributed by atoms with Crippen LogP contribution in [-0.2, 0) is 29.5 Å². The zero-order valence-corrected chi connectivity index (χ0v) is 18.0. The number of likely N-dealkylation sites (N-methyl/N-ethyl adjacent to an activating group) is 1. The van der Waals surface area contributed by atoms with Crippen LogP contribution in [0.15, 0.2) is 20.2 Å². The number of hydrogen-bond donors (Lipinski definition) is 1. The predicted octanol–water partition coefficient (Wildman–Crippen LogP) is 0.355. The molecule has 0 saturated carbocycles. The third-order valence-corrected chi connectivity index (χ3v) is 9.03. The Morgan fingerprint density at radius 1 is 1.22 bits per heavy atom. The Bertz CT molecular complexity index is 892. The molecule has 0 aliphatic carbocycles. The molecule has 0 atom stereocenters. The molecular weight excluding hydrogens is 414 g/mol. The molecule has 0 spiro atoms. The molecule has 1 aliphatic rings. The number of nitrogens with two attached hydrogens (primary N) is 1. The van der Waals surface area contributed by atoms with Crippen LogP contribution in [0, 0.1) is 0 Å². The Labute approximate surface area is 164 Å². The summed E-state index contributed by atoms with van der Waals surface area (Å²) in [5.41, 5.74) is 0.899. The third-order valence-electron chi connectivity index (χ3n) is 4.12. The first-order valence-electron chi connectivity index (χ1n) is 8.17. The van der Waals surface area contributed by atoms with Crippen molar-refractivity contribution in [3.8, 4) is 0 Å². The van der Waals surface area contributed by atoms with Gasteiger partial charge in [0.2, 0.25) is 10.0 Å². The second-order valence-corrected chi connectivity index (χ2v) is 11.1. The average Bonchev–Trinajstić information content (AvgIpc) is 3.03. The lowest BCUT2D eigenvalue weighted by Gasteiger charge is -2.30. The van der Waals surface area contributed by atoms with Crippen molar-refractivity contribution in [2.75, 3.05) is 54.1 Å². The van der Waals surface area contributed by atoms with Crippen LogP contribution in [0.1, 0.15) is 12.0 Å². The first-order chi connectivity index (χ1) is 12.6. The van der Waals surface area contributed by atoms with Gasteiger partial charge < -0.3 is 9.47 Å². The Morgan fingerprint density at radius 2 is 1.89 bits per heavy atom. The number of primary sulfonamides is 1. The molecule has 0 fully saturated rings. The highest BCUT2D eigenvalue weighted by molar-refractivity contribution is 7.94. The number of hydrogen-bond acceptors (Lipinski definition) is 8. The fourth-order valence-corrected chi connectivity index (χ4v) is 6.53. The number of nitrogens with zero attached hydrogens (tertiary/aromatic N) is 2. The summed E-state index contributed by atoms with van der Waals surface area (Å²) in [7, 11) is -3.09. The van der Waals surface area contributed by atoms with Gasteiger partial charge in [0.05, 0.1) is 6.61 Å². The Balaban J connectivity index is 2.33. The highest BCUT2D eigenvalue weighted by Crippen LogP contribution is 2.37. The van der Waals surface area contributed by atoms with Crippen molar-refractivity contribution in [1.82, 2.24) is 9.21 Å². The minimum absolute atomic E-state index is 0.0133. The largest absolute Gasteiger partial charge is 0.385 e. The molecular formula is C15H25N3O6S3. The second kappa shape index (κ2) is 8.99. The Hall–Kier alpha value is -1.02. The molecule has 0 radical (unpaired) electrons. The summed E-state index contributed by atoms with van der Waals surface area (Å²) in [4.78, 5) is 2.07. The fourth-order valence-electron chi connectivity index (χ4n) is 2.65. The maximum absolute atomic E-state index is 12.8. The van der Waals surface area contributed by atoms with E-state index in [1.165, 1.54) is 17.4 Å². The molecule has 1 aromatic rings. The van der Waals surface area contributed by atoms with Crippen molar-refractivity contribution >= 4 is 37.5 Å². The molecule has 0 bridgehead atoms. The van der Waals surface area contributed by atoms with Crippen LogP contribution in [-0.4, -0.2) is 80.2 Å². The van der Waals surface area contributed by atoms with Crippen molar-refractivity contribution < 1.29 is 26.3 Å². The molecule has 2 N–H and O–H groups in total. The molecule has 12 heteroatoms. The van der Waals surface area contributed by atoms with Gasteiger partial charge in [-0.1, -0.05) is 0 Å². The SMILES string of the molecule is COCCCN(CCOC)CC1=Cc2cc(S(N)(=O)=O)sc2S(=O)(=O)N1C. The van der Waals surface area contributed by atoms with Gasteiger partial charge in [0.25, 0.3) is 10.0 Å². The number of fused-ring (bicyclic) bond motifs is 1. The zero-order valence-electron chi connectivity index (χ0n) is 15.5. The van der Waals surface area contributed by atoms with E-state index < -0.39 is 20.0 Å². The van der Waals surface area contributed by atoms with Crippen molar-refractivity contribution in [2.24, 2.45) is 5.14 Å². The van der Waals surface area contributed by atoms with Crippen LogP contribution >= 0.6 is 11.3 Å². The number of methoxy groups -OCH3 is 2. The number of ether oxygens (including phenoxy) is 2. The molecule has 0 amide bonds. The normalized spacial score (nSPS) is 16.5. The highest BCUT2D eigenvalue weighted by Gasteiger charge is 2.34. The van der Waals surface area contributed by atoms with E-state index in [1.54, 1.807) is 20.3 Å². The van der Waals surface area contributed by atoms with Crippen LogP contribution in [0.2, 0.25) is 0 Å². The third kappa shape index (κ3) is 5.28. The molecule has 1 aromatic heterocycles. The maximum Gasteiger partial charge on any atom is 0.274 e.